The van der Waals surface area contributed by atoms with E-state index in [1.807, 2.05) is 20.1 Å². The Hall–Kier alpha value is 0.274. The fourth-order valence-corrected chi connectivity index (χ4v) is 1.75. The average molecular weight is 313 g/mol. The van der Waals surface area contributed by atoms with E-state index >= 15 is 0 Å². The van der Waals surface area contributed by atoms with E-state index in [9.17, 15) is 4.79 Å². The van der Waals surface area contributed by atoms with E-state index in [1.54, 1.807) is 30.1 Å². The van der Waals surface area contributed by atoms with Gasteiger partial charge in [-0.1, -0.05) is 34.6 Å². The number of nitrogens with zero attached hydrogens (tertiary/aromatic N) is 1. The molecule has 0 atom stereocenters. The summed E-state index contributed by atoms with van der Waals surface area (Å²) in [5.74, 6) is 0. The number of hydrogen-bond donors (Lipinski definition) is 0. The molecule has 1 aromatic rings. The van der Waals surface area contributed by atoms with Crippen molar-refractivity contribution in [3.05, 3.63) is 23.9 Å². The van der Waals surface area contributed by atoms with E-state index in [2.05, 4.69) is 25.8 Å². The zero-order valence-corrected chi connectivity index (χ0v) is 14.2. The zero-order valence-electron chi connectivity index (χ0n) is 10.6. The summed E-state index contributed by atoms with van der Waals surface area (Å²) in [7, 11) is 0. The van der Waals surface area contributed by atoms with Gasteiger partial charge in [0.15, 0.2) is 0 Å². The first-order chi connectivity index (χ1) is 7.03. The molecule has 0 N–H and O–H groups in total. The SMILES string of the molecule is CC.CC(C)(C)Sc1ncccc1[C-]=O.[Y]. The molecule has 16 heavy (non-hydrogen) atoms. The van der Waals surface area contributed by atoms with Gasteiger partial charge in [-0.15, -0.1) is 11.6 Å². The molecule has 1 radical (unpaired) electrons. The summed E-state index contributed by atoms with van der Waals surface area (Å²) in [4.78, 5) is 14.7. The third-order valence-corrected chi connectivity index (χ3v) is 2.42. The Morgan fingerprint density at radius 3 is 2.31 bits per heavy atom. The van der Waals surface area contributed by atoms with Gasteiger partial charge in [0.2, 0.25) is 0 Å². The predicted octanol–water partition coefficient (Wildman–Crippen LogP) is 3.45. The smallest absolute Gasteiger partial charge is 0.0652 e. The molecule has 0 aliphatic heterocycles. The van der Waals surface area contributed by atoms with Crippen LogP contribution in [-0.4, -0.2) is 16.0 Å². The van der Waals surface area contributed by atoms with Crippen molar-refractivity contribution in [2.75, 3.05) is 0 Å². The second kappa shape index (κ2) is 9.32. The molecule has 2 nitrogen and oxygen atoms in total. The van der Waals surface area contributed by atoms with Crippen LogP contribution in [0.5, 0.6) is 0 Å². The normalized spacial score (nSPS) is 9.56. The molecule has 4 heteroatoms. The minimum Gasteiger partial charge on any atom is -0.376 e. The van der Waals surface area contributed by atoms with Gasteiger partial charge in [0.25, 0.3) is 0 Å². The largest absolute Gasteiger partial charge is 0.376 e. The summed E-state index contributed by atoms with van der Waals surface area (Å²) >= 11 is 1.58. The predicted molar refractivity (Wildman–Crippen MR) is 66.0 cm³/mol. The van der Waals surface area contributed by atoms with Crippen LogP contribution < -0.4 is 0 Å². The maximum absolute atomic E-state index is 10.5. The minimum absolute atomic E-state index is 0. The molecule has 0 saturated heterocycles. The van der Waals surface area contributed by atoms with Gasteiger partial charge in [-0.25, -0.2) is 0 Å². The Bertz CT molecular complexity index is 310. The maximum atomic E-state index is 10.5. The number of thioether (sulfide) groups is 1. The van der Waals surface area contributed by atoms with Gasteiger partial charge in [-0.3, -0.25) is 0 Å². The van der Waals surface area contributed by atoms with Crippen molar-refractivity contribution >= 4 is 18.0 Å². The first kappa shape index (κ1) is 18.6. The van der Waals surface area contributed by atoms with E-state index in [0.29, 0.717) is 5.56 Å². The fraction of sp³-hybridized carbons (Fsp3) is 0.500. The van der Waals surface area contributed by atoms with Gasteiger partial charge in [0.05, 0.1) is 6.29 Å². The van der Waals surface area contributed by atoms with Crippen molar-refractivity contribution in [2.45, 2.75) is 44.4 Å². The van der Waals surface area contributed by atoms with E-state index in [-0.39, 0.29) is 37.5 Å². The summed E-state index contributed by atoms with van der Waals surface area (Å²) in [6.45, 7) is 10.3. The molecular formula is C12H18NOSY-. The summed E-state index contributed by atoms with van der Waals surface area (Å²) in [6, 6.07) is 3.47. The van der Waals surface area contributed by atoms with Crippen molar-refractivity contribution in [1.82, 2.24) is 4.98 Å². The molecule has 0 bridgehead atoms. The molecule has 0 aliphatic rings. The van der Waals surface area contributed by atoms with Crippen LogP contribution in [0.1, 0.15) is 40.2 Å². The van der Waals surface area contributed by atoms with Gasteiger partial charge in [0.1, 0.15) is 0 Å². The van der Waals surface area contributed by atoms with Crippen LogP contribution in [0, 0.1) is 0 Å². The molecular weight excluding hydrogens is 295 g/mol. The number of rotatable bonds is 2. The molecule has 0 saturated carbocycles. The molecule has 1 heterocycles. The zero-order chi connectivity index (χ0) is 11.9. The summed E-state index contributed by atoms with van der Waals surface area (Å²) in [5, 5.41) is 0.755. The van der Waals surface area contributed by atoms with Crippen LogP contribution >= 0.6 is 11.8 Å². The van der Waals surface area contributed by atoms with Crippen LogP contribution in [0.4, 0.5) is 0 Å². The van der Waals surface area contributed by atoms with E-state index < -0.39 is 0 Å². The summed E-state index contributed by atoms with van der Waals surface area (Å²) in [6.07, 6.45) is 3.57. The summed E-state index contributed by atoms with van der Waals surface area (Å²) in [5.41, 5.74) is 0.544. The summed E-state index contributed by atoms with van der Waals surface area (Å²) < 4.78 is 0.0694. The Morgan fingerprint density at radius 1 is 1.31 bits per heavy atom. The third kappa shape index (κ3) is 7.53. The Morgan fingerprint density at radius 2 is 1.88 bits per heavy atom. The van der Waals surface area contributed by atoms with Crippen molar-refractivity contribution < 1.29 is 37.5 Å². The van der Waals surface area contributed by atoms with Gasteiger partial charge >= 0.3 is 0 Å². The van der Waals surface area contributed by atoms with Gasteiger partial charge in [-0.2, -0.15) is 17.8 Å². The molecule has 0 aromatic carbocycles. The molecule has 1 rings (SSSR count). The van der Waals surface area contributed by atoms with Crippen molar-refractivity contribution in [3.63, 3.8) is 0 Å². The third-order valence-electron chi connectivity index (χ3n) is 1.28. The minimum atomic E-state index is 0. The van der Waals surface area contributed by atoms with Gasteiger partial charge < -0.3 is 9.78 Å². The standard InChI is InChI=1S/C10H12NOS.C2H6.Y/c1-10(2,3)13-9-8(7-12)5-4-6-11-9;1-2;/h4-6H,1-3H3;1-2H3;/q-1;;. The van der Waals surface area contributed by atoms with Gasteiger partial charge in [-0.05, 0) is 5.03 Å². The molecule has 0 aliphatic carbocycles. The average Bonchev–Trinajstić information content (AvgIpc) is 2.19. The van der Waals surface area contributed by atoms with E-state index in [4.69, 9.17) is 0 Å². The van der Waals surface area contributed by atoms with Crippen LogP contribution in [0.25, 0.3) is 0 Å². The maximum Gasteiger partial charge on any atom is 0.0652 e. The van der Waals surface area contributed by atoms with Gasteiger partial charge in [0, 0.05) is 43.7 Å². The second-order valence-electron chi connectivity index (χ2n) is 3.67. The first-order valence-corrected chi connectivity index (χ1v) is 5.87. The van der Waals surface area contributed by atoms with Crippen LogP contribution in [-0.2, 0) is 37.5 Å². The molecule has 87 valence electrons. The molecule has 0 amide bonds. The quantitative estimate of drug-likeness (QED) is 0.619. The fourth-order valence-electron chi connectivity index (χ4n) is 0.840. The number of hydrogen-bond acceptors (Lipinski definition) is 3. The Kier molecular flexibility index (Phi) is 10.9. The molecule has 0 fully saturated rings. The Balaban J connectivity index is 0. The Labute approximate surface area is 128 Å². The topological polar surface area (TPSA) is 30.0 Å². The van der Waals surface area contributed by atoms with Crippen LogP contribution in [0.15, 0.2) is 23.4 Å². The van der Waals surface area contributed by atoms with Crippen molar-refractivity contribution in [2.24, 2.45) is 0 Å². The molecule has 0 unspecified atom stereocenters. The monoisotopic (exact) mass is 313 g/mol. The number of pyridine rings is 1. The number of carbonyl (C=O) groups excluding carboxylic acids is 1. The van der Waals surface area contributed by atoms with Crippen molar-refractivity contribution in [3.8, 4) is 0 Å². The number of aromatic nitrogens is 1. The second-order valence-corrected chi connectivity index (χ2v) is 5.49. The van der Waals surface area contributed by atoms with Crippen LogP contribution in [0.3, 0.4) is 0 Å². The van der Waals surface area contributed by atoms with Crippen molar-refractivity contribution in [1.29, 1.82) is 0 Å². The first-order valence-electron chi connectivity index (χ1n) is 5.05. The molecule has 1 aromatic heterocycles. The van der Waals surface area contributed by atoms with Crippen LogP contribution in [0.2, 0.25) is 0 Å². The van der Waals surface area contributed by atoms with E-state index in [1.165, 1.54) is 0 Å². The van der Waals surface area contributed by atoms with E-state index in [0.717, 1.165) is 5.03 Å². The molecule has 0 spiro atoms.